The van der Waals surface area contributed by atoms with E-state index in [0.29, 0.717) is 24.8 Å². The maximum Gasteiger partial charge on any atom is 0.102 e. The molecule has 0 saturated heterocycles. The topological polar surface area (TPSA) is 55.5 Å². The summed E-state index contributed by atoms with van der Waals surface area (Å²) in [6.45, 7) is 5.17. The number of hydrogen-bond acceptors (Lipinski definition) is 3. The van der Waals surface area contributed by atoms with Gasteiger partial charge in [0.05, 0.1) is 6.61 Å². The molecule has 84 valence electrons. The fraction of sp³-hybridized carbons (Fsp3) is 0.500. The number of rotatable bonds is 5. The molecule has 0 amide bonds. The molecule has 0 saturated carbocycles. The molecule has 0 aromatic heterocycles. The van der Waals surface area contributed by atoms with E-state index in [1.807, 2.05) is 12.1 Å². The van der Waals surface area contributed by atoms with Crippen molar-refractivity contribution in [3.63, 3.8) is 0 Å². The van der Waals surface area contributed by atoms with E-state index >= 15 is 0 Å². The Bertz CT molecular complexity index is 282. The van der Waals surface area contributed by atoms with Crippen LogP contribution in [-0.2, 0) is 4.74 Å². The van der Waals surface area contributed by atoms with Gasteiger partial charge in [0.2, 0.25) is 0 Å². The Morgan fingerprint density at radius 2 is 1.80 bits per heavy atom. The molecule has 0 spiro atoms. The highest BCUT2D eigenvalue weighted by atomic mass is 16.5. The maximum atomic E-state index is 9.76. The summed E-state index contributed by atoms with van der Waals surface area (Å²) in [5, 5.41) is 9.76. The van der Waals surface area contributed by atoms with E-state index in [0.717, 1.165) is 5.56 Å². The SMILES string of the molecule is CC(C)COCC(O)c1ccc(N)cc1. The highest BCUT2D eigenvalue weighted by Crippen LogP contribution is 2.15. The lowest BCUT2D eigenvalue weighted by atomic mass is 10.1. The van der Waals surface area contributed by atoms with Gasteiger partial charge in [0, 0.05) is 12.3 Å². The van der Waals surface area contributed by atoms with Crippen molar-refractivity contribution in [2.45, 2.75) is 20.0 Å². The van der Waals surface area contributed by atoms with Crippen LogP contribution in [-0.4, -0.2) is 18.3 Å². The minimum Gasteiger partial charge on any atom is -0.399 e. The average molecular weight is 209 g/mol. The van der Waals surface area contributed by atoms with Crippen LogP contribution < -0.4 is 5.73 Å². The van der Waals surface area contributed by atoms with Crippen LogP contribution in [0.25, 0.3) is 0 Å². The van der Waals surface area contributed by atoms with Crippen molar-refractivity contribution in [3.05, 3.63) is 29.8 Å². The van der Waals surface area contributed by atoms with Crippen molar-refractivity contribution in [1.29, 1.82) is 0 Å². The third-order valence-electron chi connectivity index (χ3n) is 2.05. The van der Waals surface area contributed by atoms with E-state index in [4.69, 9.17) is 10.5 Å². The normalized spacial score (nSPS) is 13.1. The molecule has 0 radical (unpaired) electrons. The fourth-order valence-corrected chi connectivity index (χ4v) is 1.23. The predicted molar refractivity (Wildman–Crippen MR) is 61.5 cm³/mol. The zero-order chi connectivity index (χ0) is 11.3. The Morgan fingerprint density at radius 3 is 2.33 bits per heavy atom. The molecule has 0 bridgehead atoms. The van der Waals surface area contributed by atoms with Crippen LogP contribution in [0.15, 0.2) is 24.3 Å². The van der Waals surface area contributed by atoms with E-state index in [1.54, 1.807) is 12.1 Å². The van der Waals surface area contributed by atoms with Gasteiger partial charge in [0.25, 0.3) is 0 Å². The van der Waals surface area contributed by atoms with Crippen molar-refractivity contribution in [3.8, 4) is 0 Å². The molecule has 0 aliphatic rings. The van der Waals surface area contributed by atoms with Crippen molar-refractivity contribution in [2.24, 2.45) is 5.92 Å². The molecule has 3 nitrogen and oxygen atoms in total. The van der Waals surface area contributed by atoms with E-state index < -0.39 is 6.10 Å². The van der Waals surface area contributed by atoms with Crippen LogP contribution in [0.5, 0.6) is 0 Å². The first-order valence-electron chi connectivity index (χ1n) is 5.21. The predicted octanol–water partition coefficient (Wildman–Crippen LogP) is 1.97. The quantitative estimate of drug-likeness (QED) is 0.729. The summed E-state index contributed by atoms with van der Waals surface area (Å²) in [5.41, 5.74) is 7.10. The molecular formula is C12H19NO2. The number of aliphatic hydroxyl groups excluding tert-OH is 1. The van der Waals surface area contributed by atoms with Crippen LogP contribution in [0, 0.1) is 5.92 Å². The zero-order valence-corrected chi connectivity index (χ0v) is 9.31. The Labute approximate surface area is 90.9 Å². The lowest BCUT2D eigenvalue weighted by molar-refractivity contribution is 0.0250. The first-order chi connectivity index (χ1) is 7.09. The molecule has 3 heteroatoms. The fourth-order valence-electron chi connectivity index (χ4n) is 1.23. The second kappa shape index (κ2) is 5.73. The first-order valence-corrected chi connectivity index (χ1v) is 5.21. The monoisotopic (exact) mass is 209 g/mol. The summed E-state index contributed by atoms with van der Waals surface area (Å²) >= 11 is 0. The van der Waals surface area contributed by atoms with Crippen LogP contribution in [0.4, 0.5) is 5.69 Å². The third-order valence-corrected chi connectivity index (χ3v) is 2.05. The second-order valence-corrected chi connectivity index (χ2v) is 4.11. The summed E-state index contributed by atoms with van der Waals surface area (Å²) in [5.74, 6) is 0.489. The maximum absolute atomic E-state index is 9.76. The molecule has 3 N–H and O–H groups in total. The summed E-state index contributed by atoms with van der Waals surface area (Å²) in [7, 11) is 0. The number of aliphatic hydroxyl groups is 1. The zero-order valence-electron chi connectivity index (χ0n) is 9.31. The van der Waals surface area contributed by atoms with Crippen molar-refractivity contribution in [2.75, 3.05) is 18.9 Å². The number of ether oxygens (including phenoxy) is 1. The van der Waals surface area contributed by atoms with Gasteiger partial charge in [-0.3, -0.25) is 0 Å². The average Bonchev–Trinajstić information content (AvgIpc) is 2.18. The smallest absolute Gasteiger partial charge is 0.102 e. The first kappa shape index (κ1) is 12.0. The molecule has 0 heterocycles. The Hall–Kier alpha value is -1.06. The molecule has 0 fully saturated rings. The number of anilines is 1. The van der Waals surface area contributed by atoms with Crippen molar-refractivity contribution < 1.29 is 9.84 Å². The minimum absolute atomic E-state index is 0.335. The summed E-state index contributed by atoms with van der Waals surface area (Å²) in [6.07, 6.45) is -0.565. The molecule has 1 unspecified atom stereocenters. The molecule has 0 aliphatic carbocycles. The molecule has 0 aliphatic heterocycles. The van der Waals surface area contributed by atoms with Gasteiger partial charge in [-0.15, -0.1) is 0 Å². The van der Waals surface area contributed by atoms with Gasteiger partial charge >= 0.3 is 0 Å². The number of hydrogen-bond donors (Lipinski definition) is 2. The number of benzene rings is 1. The molecule has 15 heavy (non-hydrogen) atoms. The minimum atomic E-state index is -0.565. The van der Waals surface area contributed by atoms with Gasteiger partial charge in [-0.25, -0.2) is 0 Å². The largest absolute Gasteiger partial charge is 0.399 e. The van der Waals surface area contributed by atoms with Crippen molar-refractivity contribution in [1.82, 2.24) is 0 Å². The highest BCUT2D eigenvalue weighted by Gasteiger charge is 2.07. The number of nitrogens with two attached hydrogens (primary N) is 1. The van der Waals surface area contributed by atoms with Crippen LogP contribution in [0.3, 0.4) is 0 Å². The Morgan fingerprint density at radius 1 is 1.20 bits per heavy atom. The number of nitrogen functional groups attached to an aromatic ring is 1. The standard InChI is InChI=1S/C12H19NO2/c1-9(2)7-15-8-12(14)10-3-5-11(13)6-4-10/h3-6,9,12,14H,7-8,13H2,1-2H3. The Kier molecular flexibility index (Phi) is 4.59. The van der Waals surface area contributed by atoms with Crippen LogP contribution in [0.1, 0.15) is 25.5 Å². The molecule has 1 rings (SSSR count). The van der Waals surface area contributed by atoms with Gasteiger partial charge in [0.15, 0.2) is 0 Å². The van der Waals surface area contributed by atoms with Crippen LogP contribution >= 0.6 is 0 Å². The van der Waals surface area contributed by atoms with E-state index in [1.165, 1.54) is 0 Å². The van der Waals surface area contributed by atoms with Crippen molar-refractivity contribution >= 4 is 5.69 Å². The van der Waals surface area contributed by atoms with Gasteiger partial charge < -0.3 is 15.6 Å². The van der Waals surface area contributed by atoms with E-state index in [2.05, 4.69) is 13.8 Å². The lowest BCUT2D eigenvalue weighted by Gasteiger charge is -2.13. The summed E-state index contributed by atoms with van der Waals surface area (Å²) < 4.78 is 5.36. The molecule has 1 atom stereocenters. The van der Waals surface area contributed by atoms with E-state index in [9.17, 15) is 5.11 Å². The third kappa shape index (κ3) is 4.32. The van der Waals surface area contributed by atoms with Gasteiger partial charge in [0.1, 0.15) is 6.10 Å². The summed E-state index contributed by atoms with van der Waals surface area (Å²) in [4.78, 5) is 0. The molecular weight excluding hydrogens is 190 g/mol. The highest BCUT2D eigenvalue weighted by molar-refractivity contribution is 5.39. The lowest BCUT2D eigenvalue weighted by Crippen LogP contribution is -2.10. The van der Waals surface area contributed by atoms with E-state index in [-0.39, 0.29) is 0 Å². The van der Waals surface area contributed by atoms with Gasteiger partial charge in [-0.2, -0.15) is 0 Å². The van der Waals surface area contributed by atoms with Crippen LogP contribution in [0.2, 0.25) is 0 Å². The van der Waals surface area contributed by atoms with Gasteiger partial charge in [-0.05, 0) is 23.6 Å². The molecule has 1 aromatic carbocycles. The Balaban J connectivity index is 2.40. The second-order valence-electron chi connectivity index (χ2n) is 4.11. The van der Waals surface area contributed by atoms with Gasteiger partial charge in [-0.1, -0.05) is 26.0 Å². The molecule has 1 aromatic rings. The summed E-state index contributed by atoms with van der Waals surface area (Å²) in [6, 6.07) is 7.19.